The van der Waals surface area contributed by atoms with Crippen LogP contribution in [-0.2, 0) is 4.74 Å². The molecule has 18 heavy (non-hydrogen) atoms. The molecule has 100 valence electrons. The molecule has 0 saturated carbocycles. The molecule has 4 nitrogen and oxygen atoms in total. The van der Waals surface area contributed by atoms with Crippen molar-refractivity contribution in [2.24, 2.45) is 5.92 Å². The molecule has 2 rings (SSSR count). The topological polar surface area (TPSA) is 51.4 Å². The van der Waals surface area contributed by atoms with Crippen LogP contribution in [0.25, 0.3) is 0 Å². The van der Waals surface area contributed by atoms with Gasteiger partial charge in [0.2, 0.25) is 0 Å². The molecule has 0 aliphatic carbocycles. The van der Waals surface area contributed by atoms with Gasteiger partial charge in [0, 0.05) is 26.3 Å². The van der Waals surface area contributed by atoms with Gasteiger partial charge < -0.3 is 15.4 Å². The zero-order chi connectivity index (χ0) is 13.0. The van der Waals surface area contributed by atoms with Gasteiger partial charge in [0.1, 0.15) is 5.82 Å². The van der Waals surface area contributed by atoms with Crippen molar-refractivity contribution in [1.29, 1.82) is 0 Å². The van der Waals surface area contributed by atoms with E-state index in [4.69, 9.17) is 10.5 Å². The molecule has 4 heteroatoms. The van der Waals surface area contributed by atoms with Crippen molar-refractivity contribution in [3.05, 3.63) is 17.8 Å². The molecule has 1 aliphatic rings. The lowest BCUT2D eigenvalue weighted by Gasteiger charge is -2.32. The molecule has 1 fully saturated rings. The smallest absolute Gasteiger partial charge is 0.128 e. The molecule has 0 aromatic carbocycles. The minimum Gasteiger partial charge on any atom is -0.397 e. The zero-order valence-corrected chi connectivity index (χ0v) is 11.4. The minimum atomic E-state index is 0.705. The van der Waals surface area contributed by atoms with Crippen molar-refractivity contribution >= 4 is 11.5 Å². The maximum atomic E-state index is 5.80. The predicted octanol–water partition coefficient (Wildman–Crippen LogP) is 2.23. The summed E-state index contributed by atoms with van der Waals surface area (Å²) >= 11 is 0. The molecule has 2 N–H and O–H groups in total. The standard InChI is InChI=1S/C14H23N3O/c1-3-18-10-12-6-8-17(9-7-12)14-5-4-13(15)11(2)16-14/h4-5,12H,3,6-10,15H2,1-2H3. The molecule has 2 heterocycles. The number of anilines is 2. The minimum absolute atomic E-state index is 0.705. The molecule has 1 aromatic rings. The van der Waals surface area contributed by atoms with Crippen LogP contribution in [0.2, 0.25) is 0 Å². The number of nitrogens with zero attached hydrogens (tertiary/aromatic N) is 2. The SMILES string of the molecule is CCOCC1CCN(c2ccc(N)c(C)n2)CC1. The number of rotatable bonds is 4. The van der Waals surface area contributed by atoms with E-state index in [9.17, 15) is 0 Å². The number of piperidine rings is 1. The third kappa shape index (κ3) is 3.13. The number of aryl methyl sites for hydroxylation is 1. The number of aromatic nitrogens is 1. The Hall–Kier alpha value is -1.29. The van der Waals surface area contributed by atoms with Gasteiger partial charge in [0.25, 0.3) is 0 Å². The molecular formula is C14H23N3O. The third-order valence-electron chi connectivity index (χ3n) is 3.61. The lowest BCUT2D eigenvalue weighted by atomic mass is 9.98. The second kappa shape index (κ2) is 6.05. The van der Waals surface area contributed by atoms with Crippen LogP contribution in [0.5, 0.6) is 0 Å². The first kappa shape index (κ1) is 13.1. The third-order valence-corrected chi connectivity index (χ3v) is 3.61. The van der Waals surface area contributed by atoms with Crippen LogP contribution in [0.15, 0.2) is 12.1 Å². The average molecular weight is 249 g/mol. The van der Waals surface area contributed by atoms with Crippen LogP contribution in [0, 0.1) is 12.8 Å². The van der Waals surface area contributed by atoms with Gasteiger partial charge in [-0.3, -0.25) is 0 Å². The van der Waals surface area contributed by atoms with Gasteiger partial charge in [0.05, 0.1) is 11.4 Å². The second-order valence-corrected chi connectivity index (χ2v) is 4.93. The summed E-state index contributed by atoms with van der Waals surface area (Å²) < 4.78 is 5.50. The van der Waals surface area contributed by atoms with Crippen molar-refractivity contribution in [3.63, 3.8) is 0 Å². The average Bonchev–Trinajstić information content (AvgIpc) is 2.40. The lowest BCUT2D eigenvalue weighted by Crippen LogP contribution is -2.35. The van der Waals surface area contributed by atoms with E-state index < -0.39 is 0 Å². The highest BCUT2D eigenvalue weighted by Crippen LogP contribution is 2.23. The summed E-state index contributed by atoms with van der Waals surface area (Å²) in [6.07, 6.45) is 2.37. The maximum absolute atomic E-state index is 5.80. The fourth-order valence-corrected chi connectivity index (χ4v) is 2.35. The van der Waals surface area contributed by atoms with Gasteiger partial charge in [-0.15, -0.1) is 0 Å². The van der Waals surface area contributed by atoms with E-state index in [1.807, 2.05) is 19.1 Å². The second-order valence-electron chi connectivity index (χ2n) is 4.93. The van der Waals surface area contributed by atoms with Crippen LogP contribution in [0.3, 0.4) is 0 Å². The quantitative estimate of drug-likeness (QED) is 0.889. The molecule has 1 saturated heterocycles. The Bertz CT molecular complexity index is 387. The highest BCUT2D eigenvalue weighted by Gasteiger charge is 2.20. The van der Waals surface area contributed by atoms with Crippen LogP contribution in [0.1, 0.15) is 25.5 Å². The first-order valence-corrected chi connectivity index (χ1v) is 6.76. The van der Waals surface area contributed by atoms with E-state index in [1.165, 1.54) is 12.8 Å². The first-order chi connectivity index (χ1) is 8.70. The normalized spacial score (nSPS) is 17.1. The highest BCUT2D eigenvalue weighted by atomic mass is 16.5. The summed E-state index contributed by atoms with van der Waals surface area (Å²) in [4.78, 5) is 6.90. The summed E-state index contributed by atoms with van der Waals surface area (Å²) in [5.41, 5.74) is 7.49. The number of nitrogens with two attached hydrogens (primary N) is 1. The van der Waals surface area contributed by atoms with Crippen LogP contribution < -0.4 is 10.6 Å². The summed E-state index contributed by atoms with van der Waals surface area (Å²) in [6.45, 7) is 7.86. The van der Waals surface area contributed by atoms with Gasteiger partial charge in [-0.2, -0.15) is 0 Å². The summed E-state index contributed by atoms with van der Waals surface area (Å²) in [7, 11) is 0. The summed E-state index contributed by atoms with van der Waals surface area (Å²) in [5, 5.41) is 0. The van der Waals surface area contributed by atoms with Crippen LogP contribution in [-0.4, -0.2) is 31.3 Å². The first-order valence-electron chi connectivity index (χ1n) is 6.76. The van der Waals surface area contributed by atoms with E-state index in [0.717, 1.165) is 43.5 Å². The van der Waals surface area contributed by atoms with Crippen LogP contribution >= 0.6 is 0 Å². The number of pyridine rings is 1. The molecular weight excluding hydrogens is 226 g/mol. The Kier molecular flexibility index (Phi) is 4.42. The van der Waals surface area contributed by atoms with Crippen molar-refractivity contribution in [2.75, 3.05) is 36.9 Å². The van der Waals surface area contributed by atoms with Gasteiger partial charge >= 0.3 is 0 Å². The Morgan fingerprint density at radius 3 is 2.72 bits per heavy atom. The predicted molar refractivity (Wildman–Crippen MR) is 74.8 cm³/mol. The largest absolute Gasteiger partial charge is 0.397 e. The Morgan fingerprint density at radius 1 is 1.39 bits per heavy atom. The van der Waals surface area contributed by atoms with Crippen molar-refractivity contribution < 1.29 is 4.74 Å². The van der Waals surface area contributed by atoms with Gasteiger partial charge in [-0.1, -0.05) is 0 Å². The van der Waals surface area contributed by atoms with Gasteiger partial charge in [0.15, 0.2) is 0 Å². The van der Waals surface area contributed by atoms with Crippen molar-refractivity contribution in [1.82, 2.24) is 4.98 Å². The molecule has 0 spiro atoms. The molecule has 0 atom stereocenters. The number of ether oxygens (including phenoxy) is 1. The lowest BCUT2D eigenvalue weighted by molar-refractivity contribution is 0.100. The molecule has 1 aliphatic heterocycles. The Morgan fingerprint density at radius 2 is 2.11 bits per heavy atom. The van der Waals surface area contributed by atoms with Crippen molar-refractivity contribution in [3.8, 4) is 0 Å². The summed E-state index contributed by atoms with van der Waals surface area (Å²) in [5.74, 6) is 1.76. The highest BCUT2D eigenvalue weighted by molar-refractivity contribution is 5.50. The fourth-order valence-electron chi connectivity index (χ4n) is 2.35. The molecule has 0 unspecified atom stereocenters. The molecule has 1 aromatic heterocycles. The van der Waals surface area contributed by atoms with E-state index in [2.05, 4.69) is 16.8 Å². The van der Waals surface area contributed by atoms with Crippen LogP contribution in [0.4, 0.5) is 11.5 Å². The van der Waals surface area contributed by atoms with E-state index in [1.54, 1.807) is 0 Å². The van der Waals surface area contributed by atoms with E-state index in [-0.39, 0.29) is 0 Å². The fraction of sp³-hybridized carbons (Fsp3) is 0.643. The molecule has 0 radical (unpaired) electrons. The van der Waals surface area contributed by atoms with Gasteiger partial charge in [-0.05, 0) is 44.7 Å². The molecule has 0 bridgehead atoms. The Labute approximate surface area is 109 Å². The monoisotopic (exact) mass is 249 g/mol. The zero-order valence-electron chi connectivity index (χ0n) is 11.4. The number of hydrogen-bond acceptors (Lipinski definition) is 4. The van der Waals surface area contributed by atoms with Gasteiger partial charge in [-0.25, -0.2) is 4.98 Å². The van der Waals surface area contributed by atoms with E-state index >= 15 is 0 Å². The molecule has 0 amide bonds. The number of hydrogen-bond donors (Lipinski definition) is 1. The number of nitrogen functional groups attached to an aromatic ring is 1. The maximum Gasteiger partial charge on any atom is 0.128 e. The van der Waals surface area contributed by atoms with Crippen molar-refractivity contribution in [2.45, 2.75) is 26.7 Å². The van der Waals surface area contributed by atoms with E-state index in [0.29, 0.717) is 5.92 Å². The Balaban J connectivity index is 1.90. The summed E-state index contributed by atoms with van der Waals surface area (Å²) in [6, 6.07) is 3.97.